The lowest BCUT2D eigenvalue weighted by Gasteiger charge is -2.17. The van der Waals surface area contributed by atoms with Gasteiger partial charge in [0, 0.05) is 17.0 Å². The van der Waals surface area contributed by atoms with Crippen LogP contribution in [0.2, 0.25) is 0 Å². The van der Waals surface area contributed by atoms with Gasteiger partial charge in [-0.1, -0.05) is 30.3 Å². The Kier molecular flexibility index (Phi) is 5.80. The number of carbonyl (C=O) groups is 1. The molecule has 9 heteroatoms. The third kappa shape index (κ3) is 4.13. The second-order valence-electron chi connectivity index (χ2n) is 7.72. The third-order valence-corrected chi connectivity index (χ3v) is 5.05. The van der Waals surface area contributed by atoms with Crippen molar-refractivity contribution in [3.63, 3.8) is 0 Å². The van der Waals surface area contributed by atoms with Gasteiger partial charge in [-0.2, -0.15) is 8.78 Å². The highest BCUT2D eigenvalue weighted by atomic mass is 19.3. The van der Waals surface area contributed by atoms with Gasteiger partial charge >= 0.3 is 12.6 Å². The molecule has 6 nitrogen and oxygen atoms in total. The second-order valence-corrected chi connectivity index (χ2v) is 7.72. The molecule has 33 heavy (non-hydrogen) atoms. The summed E-state index contributed by atoms with van der Waals surface area (Å²) in [6, 6.07) is 10.4. The minimum atomic E-state index is -3.16. The van der Waals surface area contributed by atoms with Crippen LogP contribution in [0.3, 0.4) is 0 Å². The molecule has 4 aromatic rings. The fourth-order valence-electron chi connectivity index (χ4n) is 3.84. The number of carboxylic acid groups (broad SMARTS) is 1. The predicted molar refractivity (Wildman–Crippen MR) is 116 cm³/mol. The van der Waals surface area contributed by atoms with Crippen molar-refractivity contribution in [2.24, 2.45) is 0 Å². The Balaban J connectivity index is 2.04. The monoisotopic (exact) mass is 459 g/mol. The smallest absolute Gasteiger partial charge is 0.387 e. The maximum Gasteiger partial charge on any atom is 0.387 e. The number of aromatic nitrogens is 1. The Morgan fingerprint density at radius 1 is 1.03 bits per heavy atom. The summed E-state index contributed by atoms with van der Waals surface area (Å²) in [5.74, 6) is -2.37. The fraction of sp³-hybridized carbons (Fsp3) is 0.208. The lowest BCUT2D eigenvalue weighted by molar-refractivity contribution is -0.136. The van der Waals surface area contributed by atoms with Gasteiger partial charge in [0.25, 0.3) is 0 Å². The van der Waals surface area contributed by atoms with Crippen LogP contribution >= 0.6 is 0 Å². The van der Waals surface area contributed by atoms with Crippen molar-refractivity contribution in [3.05, 3.63) is 60.0 Å². The van der Waals surface area contributed by atoms with Crippen LogP contribution in [0.5, 0.6) is 17.4 Å². The van der Waals surface area contributed by atoms with Gasteiger partial charge in [-0.15, -0.1) is 0 Å². The van der Waals surface area contributed by atoms with Crippen molar-refractivity contribution < 1.29 is 37.7 Å². The van der Waals surface area contributed by atoms with Crippen LogP contribution in [0.1, 0.15) is 19.4 Å². The lowest BCUT2D eigenvalue weighted by atomic mass is 10.0. The molecule has 0 radical (unpaired) electrons. The highest BCUT2D eigenvalue weighted by molar-refractivity contribution is 6.13. The number of benzene rings is 3. The second kappa shape index (κ2) is 8.57. The molecule has 4 rings (SSSR count). The molecule has 0 aliphatic rings. The maximum atomic E-state index is 14.9. The molecule has 0 amide bonds. The first-order valence-electron chi connectivity index (χ1n) is 10.1. The average Bonchev–Trinajstić information content (AvgIpc) is 3.06. The number of fused-ring (bicyclic) bond motifs is 2. The standard InChI is InChI=1S/C24H20F3NO5/c1-12(2)32-21-14-5-3-4-6-15(14)22(33-24(26)27)20-16(21)11-28(23(20)31)18-8-7-13(9-17(18)25)10-19(29)30/h3-9,11-12,24,31H,10H2,1-2H3,(H,29,30). The molecule has 0 bridgehead atoms. The quantitative estimate of drug-likeness (QED) is 0.374. The molecule has 3 aromatic carbocycles. The van der Waals surface area contributed by atoms with Crippen molar-refractivity contribution in [2.75, 3.05) is 0 Å². The van der Waals surface area contributed by atoms with E-state index in [1.807, 2.05) is 0 Å². The van der Waals surface area contributed by atoms with E-state index in [2.05, 4.69) is 0 Å². The van der Waals surface area contributed by atoms with Crippen molar-refractivity contribution >= 4 is 27.5 Å². The Labute approximate surface area is 186 Å². The first-order chi connectivity index (χ1) is 15.7. The van der Waals surface area contributed by atoms with E-state index < -0.39 is 24.3 Å². The van der Waals surface area contributed by atoms with E-state index in [9.17, 15) is 23.1 Å². The van der Waals surface area contributed by atoms with E-state index >= 15 is 0 Å². The number of carboxylic acids is 1. The van der Waals surface area contributed by atoms with Gasteiger partial charge in [0.1, 0.15) is 17.3 Å². The molecule has 172 valence electrons. The van der Waals surface area contributed by atoms with E-state index in [4.69, 9.17) is 14.6 Å². The first kappa shape index (κ1) is 22.3. The summed E-state index contributed by atoms with van der Waals surface area (Å²) in [7, 11) is 0. The number of aliphatic carboxylic acids is 1. The molecular weight excluding hydrogens is 439 g/mol. The van der Waals surface area contributed by atoms with Gasteiger partial charge in [0.05, 0.1) is 29.0 Å². The number of aromatic hydroxyl groups is 1. The molecule has 0 saturated carbocycles. The number of nitrogens with zero attached hydrogens (tertiary/aromatic N) is 1. The van der Waals surface area contributed by atoms with Gasteiger partial charge < -0.3 is 19.7 Å². The zero-order valence-electron chi connectivity index (χ0n) is 17.7. The number of ether oxygens (including phenoxy) is 2. The van der Waals surface area contributed by atoms with Crippen molar-refractivity contribution in [3.8, 4) is 23.1 Å². The number of hydrogen-bond acceptors (Lipinski definition) is 4. The van der Waals surface area contributed by atoms with Crippen LogP contribution in [0.4, 0.5) is 13.2 Å². The van der Waals surface area contributed by atoms with Gasteiger partial charge in [0.2, 0.25) is 5.88 Å². The number of alkyl halides is 2. The van der Waals surface area contributed by atoms with Crippen LogP contribution in [-0.2, 0) is 11.2 Å². The first-order valence-corrected chi connectivity index (χ1v) is 10.1. The lowest BCUT2D eigenvalue weighted by Crippen LogP contribution is -2.07. The molecule has 0 aliphatic carbocycles. The van der Waals surface area contributed by atoms with Crippen LogP contribution in [0.15, 0.2) is 48.7 Å². The largest absolute Gasteiger partial charge is 0.494 e. The van der Waals surface area contributed by atoms with E-state index in [1.165, 1.54) is 18.3 Å². The van der Waals surface area contributed by atoms with E-state index in [-0.39, 0.29) is 40.3 Å². The summed E-state index contributed by atoms with van der Waals surface area (Å²) in [5, 5.41) is 20.9. The van der Waals surface area contributed by atoms with Gasteiger partial charge in [0.15, 0.2) is 0 Å². The summed E-state index contributed by atoms with van der Waals surface area (Å²) >= 11 is 0. The van der Waals surface area contributed by atoms with Gasteiger partial charge in [-0.05, 0) is 31.5 Å². The Bertz CT molecular complexity index is 1360. The topological polar surface area (TPSA) is 80.9 Å². The Morgan fingerprint density at radius 2 is 1.70 bits per heavy atom. The van der Waals surface area contributed by atoms with E-state index in [1.54, 1.807) is 38.1 Å². The van der Waals surface area contributed by atoms with Crippen LogP contribution in [0.25, 0.3) is 27.2 Å². The molecule has 1 heterocycles. The minimum Gasteiger partial charge on any atom is -0.494 e. The Hall–Kier alpha value is -3.88. The number of rotatable bonds is 7. The normalized spacial score (nSPS) is 11.6. The van der Waals surface area contributed by atoms with Crippen LogP contribution < -0.4 is 9.47 Å². The summed E-state index contributed by atoms with van der Waals surface area (Å²) in [4.78, 5) is 10.9. The Morgan fingerprint density at radius 3 is 2.27 bits per heavy atom. The van der Waals surface area contributed by atoms with Crippen molar-refractivity contribution in [1.29, 1.82) is 0 Å². The summed E-state index contributed by atoms with van der Waals surface area (Å²) in [6.45, 7) is 0.423. The molecule has 0 saturated heterocycles. The van der Waals surface area contributed by atoms with Gasteiger partial charge in [-0.3, -0.25) is 9.36 Å². The zero-order valence-corrected chi connectivity index (χ0v) is 17.7. The third-order valence-electron chi connectivity index (χ3n) is 5.05. The zero-order chi connectivity index (χ0) is 23.9. The molecule has 0 atom stereocenters. The van der Waals surface area contributed by atoms with Gasteiger partial charge in [-0.25, -0.2) is 4.39 Å². The predicted octanol–water partition coefficient (Wildman–Crippen LogP) is 5.64. The molecule has 0 fully saturated rings. The average molecular weight is 459 g/mol. The number of halogens is 3. The molecule has 0 aliphatic heterocycles. The fourth-order valence-corrected chi connectivity index (χ4v) is 3.84. The molecule has 1 aromatic heterocycles. The van der Waals surface area contributed by atoms with E-state index in [0.717, 1.165) is 10.6 Å². The summed E-state index contributed by atoms with van der Waals surface area (Å²) in [5.41, 5.74) is 0.136. The summed E-state index contributed by atoms with van der Waals surface area (Å²) in [6.07, 6.45) is 0.722. The van der Waals surface area contributed by atoms with Crippen molar-refractivity contribution in [2.45, 2.75) is 33.0 Å². The molecule has 2 N–H and O–H groups in total. The molecule has 0 unspecified atom stereocenters. The molecule has 0 spiro atoms. The van der Waals surface area contributed by atoms with Crippen LogP contribution in [0, 0.1) is 5.82 Å². The van der Waals surface area contributed by atoms with E-state index in [0.29, 0.717) is 16.5 Å². The number of hydrogen-bond donors (Lipinski definition) is 2. The SMILES string of the molecule is CC(C)Oc1c2ccccc2c(OC(F)F)c2c(O)n(-c3ccc(CC(=O)O)cc3F)cc12. The maximum absolute atomic E-state index is 14.9. The van der Waals surface area contributed by atoms with Crippen LogP contribution in [-0.4, -0.2) is 33.5 Å². The minimum absolute atomic E-state index is 0.0568. The highest BCUT2D eigenvalue weighted by Gasteiger charge is 2.26. The highest BCUT2D eigenvalue weighted by Crippen LogP contribution is 2.48. The summed E-state index contributed by atoms with van der Waals surface area (Å²) < 4.78 is 53.4. The van der Waals surface area contributed by atoms with Crippen molar-refractivity contribution in [1.82, 2.24) is 4.57 Å². The molecular formula is C24H20F3NO5.